The van der Waals surface area contributed by atoms with E-state index in [2.05, 4.69) is 14.4 Å². The van der Waals surface area contributed by atoms with E-state index in [9.17, 15) is 21.6 Å². The van der Waals surface area contributed by atoms with Crippen molar-refractivity contribution in [3.63, 3.8) is 0 Å². The van der Waals surface area contributed by atoms with Crippen molar-refractivity contribution in [2.75, 3.05) is 19.1 Å². The Kier molecular flexibility index (Phi) is 4.20. The molecule has 0 fully saturated rings. The first-order chi connectivity index (χ1) is 8.53. The van der Waals surface area contributed by atoms with Crippen LogP contribution in [0, 0.1) is 0 Å². The van der Waals surface area contributed by atoms with Crippen LogP contribution in [0.2, 0.25) is 0 Å². The number of aromatic nitrogens is 1. The van der Waals surface area contributed by atoms with Crippen LogP contribution in [0.4, 0.5) is 4.79 Å². The summed E-state index contributed by atoms with van der Waals surface area (Å²) in [4.78, 5) is 9.85. The van der Waals surface area contributed by atoms with Crippen LogP contribution in [0.1, 0.15) is 5.69 Å². The summed E-state index contributed by atoms with van der Waals surface area (Å²) >= 11 is 0. The topological polar surface area (TPSA) is 147 Å². The first kappa shape index (κ1) is 15.4. The van der Waals surface area contributed by atoms with Gasteiger partial charge in [-0.25, -0.2) is 21.6 Å². The van der Waals surface area contributed by atoms with Crippen LogP contribution in [-0.2, 0) is 30.8 Å². The van der Waals surface area contributed by atoms with Crippen LogP contribution in [0.15, 0.2) is 14.5 Å². The normalized spacial score (nSPS) is 12.3. The Bertz CT molecular complexity index is 687. The molecule has 1 rings (SSSR count). The van der Waals surface area contributed by atoms with E-state index in [1.807, 2.05) is 0 Å². The summed E-state index contributed by atoms with van der Waals surface area (Å²) in [5.74, 6) is 0. The molecule has 108 valence electrons. The lowest BCUT2D eigenvalue weighted by atomic mass is 10.3. The van der Waals surface area contributed by atoms with Crippen molar-refractivity contribution in [1.29, 1.82) is 0 Å². The molecule has 0 saturated heterocycles. The standard InChI is InChI=1S/C8H12N2O7S2/c1-18(12,13)6-5(3-4-16-8(9)11)10-17-7(6)19(2,14)15/h3-4H2,1-2H3,(H2,9,11). The molecule has 9 nitrogen and oxygen atoms in total. The molecule has 19 heavy (non-hydrogen) atoms. The molecule has 11 heteroatoms. The highest BCUT2D eigenvalue weighted by Gasteiger charge is 2.30. The molecule has 1 heterocycles. The number of rotatable bonds is 5. The highest BCUT2D eigenvalue weighted by molar-refractivity contribution is 7.93. The van der Waals surface area contributed by atoms with Crippen molar-refractivity contribution in [2.45, 2.75) is 16.4 Å². The highest BCUT2D eigenvalue weighted by atomic mass is 32.2. The Morgan fingerprint density at radius 1 is 1.26 bits per heavy atom. The van der Waals surface area contributed by atoms with Gasteiger partial charge in [0.15, 0.2) is 9.84 Å². The molecule has 0 radical (unpaired) electrons. The molecule has 0 unspecified atom stereocenters. The summed E-state index contributed by atoms with van der Waals surface area (Å²) in [7, 11) is -7.74. The van der Waals surface area contributed by atoms with Gasteiger partial charge < -0.3 is 15.0 Å². The average molecular weight is 312 g/mol. The average Bonchev–Trinajstić information content (AvgIpc) is 2.59. The number of nitrogens with zero attached hydrogens (tertiary/aromatic N) is 1. The van der Waals surface area contributed by atoms with Crippen LogP contribution < -0.4 is 5.73 Å². The van der Waals surface area contributed by atoms with Crippen LogP contribution >= 0.6 is 0 Å². The van der Waals surface area contributed by atoms with Gasteiger partial charge in [-0.3, -0.25) is 0 Å². The first-order valence-electron chi connectivity index (χ1n) is 4.84. The van der Waals surface area contributed by atoms with Crippen molar-refractivity contribution in [2.24, 2.45) is 5.73 Å². The number of nitrogens with two attached hydrogens (primary N) is 1. The van der Waals surface area contributed by atoms with E-state index in [1.54, 1.807) is 0 Å². The highest BCUT2D eigenvalue weighted by Crippen LogP contribution is 2.25. The number of hydrogen-bond acceptors (Lipinski definition) is 8. The summed E-state index contributed by atoms with van der Waals surface area (Å²) in [6.07, 6.45) is 0.454. The molecule has 1 amide bonds. The second kappa shape index (κ2) is 5.17. The molecule has 1 aromatic heterocycles. The van der Waals surface area contributed by atoms with Gasteiger partial charge in [-0.05, 0) is 0 Å². The van der Waals surface area contributed by atoms with Gasteiger partial charge >= 0.3 is 6.09 Å². The smallest absolute Gasteiger partial charge is 0.404 e. The summed E-state index contributed by atoms with van der Waals surface area (Å²) < 4.78 is 54.9. The van der Waals surface area contributed by atoms with E-state index in [0.29, 0.717) is 0 Å². The fraction of sp³-hybridized carbons (Fsp3) is 0.500. The van der Waals surface area contributed by atoms with Crippen LogP contribution in [0.25, 0.3) is 0 Å². The molecular weight excluding hydrogens is 300 g/mol. The van der Waals surface area contributed by atoms with E-state index in [4.69, 9.17) is 5.73 Å². The lowest BCUT2D eigenvalue weighted by Gasteiger charge is -2.01. The molecule has 0 atom stereocenters. The minimum Gasteiger partial charge on any atom is -0.449 e. The largest absolute Gasteiger partial charge is 0.449 e. The molecule has 0 saturated carbocycles. The van der Waals surface area contributed by atoms with Gasteiger partial charge in [0.1, 0.15) is 10.6 Å². The quantitative estimate of drug-likeness (QED) is 0.737. The molecule has 1 aromatic rings. The fourth-order valence-electron chi connectivity index (χ4n) is 1.31. The van der Waals surface area contributed by atoms with E-state index in [-0.39, 0.29) is 18.7 Å². The maximum Gasteiger partial charge on any atom is 0.404 e. The van der Waals surface area contributed by atoms with Crippen LogP contribution in [-0.4, -0.2) is 47.2 Å². The third-order valence-electron chi connectivity index (χ3n) is 1.98. The van der Waals surface area contributed by atoms with Crippen LogP contribution in [0.5, 0.6) is 0 Å². The zero-order valence-electron chi connectivity index (χ0n) is 10.1. The number of carbonyl (C=O) groups excluding carboxylic acids is 1. The van der Waals surface area contributed by atoms with Crippen molar-refractivity contribution >= 4 is 25.8 Å². The lowest BCUT2D eigenvalue weighted by molar-refractivity contribution is 0.157. The van der Waals surface area contributed by atoms with Gasteiger partial charge in [0.05, 0.1) is 6.61 Å². The Labute approximate surface area is 109 Å². The Morgan fingerprint density at radius 2 is 1.84 bits per heavy atom. The maximum atomic E-state index is 11.6. The van der Waals surface area contributed by atoms with Gasteiger partial charge in [0.2, 0.25) is 9.84 Å². The van der Waals surface area contributed by atoms with E-state index in [1.165, 1.54) is 0 Å². The number of ether oxygens (including phenoxy) is 1. The minimum absolute atomic E-state index is 0.135. The molecule has 0 aliphatic heterocycles. The summed E-state index contributed by atoms with van der Waals surface area (Å²) in [5, 5.41) is 2.65. The molecule has 2 N–H and O–H groups in total. The zero-order chi connectivity index (χ0) is 14.8. The molecular formula is C8H12N2O7S2. The second-order valence-electron chi connectivity index (χ2n) is 3.71. The molecule has 0 spiro atoms. The minimum atomic E-state index is -3.88. The van der Waals surface area contributed by atoms with Gasteiger partial charge in [-0.2, -0.15) is 0 Å². The maximum absolute atomic E-state index is 11.6. The van der Waals surface area contributed by atoms with Gasteiger partial charge in [-0.15, -0.1) is 0 Å². The summed E-state index contributed by atoms with van der Waals surface area (Å²) in [6, 6.07) is 0. The van der Waals surface area contributed by atoms with Crippen molar-refractivity contribution in [3.05, 3.63) is 5.69 Å². The predicted molar refractivity (Wildman–Crippen MR) is 62.0 cm³/mol. The van der Waals surface area contributed by atoms with Gasteiger partial charge in [-0.1, -0.05) is 5.16 Å². The third kappa shape index (κ3) is 3.92. The molecule has 0 aromatic carbocycles. The lowest BCUT2D eigenvalue weighted by Crippen LogP contribution is -2.15. The molecule has 0 aliphatic rings. The Morgan fingerprint density at radius 3 is 2.26 bits per heavy atom. The van der Waals surface area contributed by atoms with E-state index in [0.717, 1.165) is 12.5 Å². The monoisotopic (exact) mass is 312 g/mol. The van der Waals surface area contributed by atoms with Gasteiger partial charge in [0.25, 0.3) is 5.09 Å². The first-order valence-corrected chi connectivity index (χ1v) is 8.62. The molecule has 0 aliphatic carbocycles. The number of primary amides is 1. The summed E-state index contributed by atoms with van der Waals surface area (Å²) in [6.45, 7) is -0.242. The second-order valence-corrected chi connectivity index (χ2v) is 7.58. The zero-order valence-corrected chi connectivity index (χ0v) is 11.7. The third-order valence-corrected chi connectivity index (χ3v) is 4.22. The van der Waals surface area contributed by atoms with Gasteiger partial charge in [0, 0.05) is 18.9 Å². The number of sulfone groups is 2. The van der Waals surface area contributed by atoms with Crippen LogP contribution in [0.3, 0.4) is 0 Å². The molecule has 0 bridgehead atoms. The van der Waals surface area contributed by atoms with Crippen molar-refractivity contribution < 1.29 is 30.9 Å². The van der Waals surface area contributed by atoms with Crippen molar-refractivity contribution in [1.82, 2.24) is 5.16 Å². The predicted octanol–water partition coefficient (Wildman–Crippen LogP) is -0.881. The fourth-order valence-corrected chi connectivity index (χ4v) is 3.75. The Balaban J connectivity index is 3.21. The number of carbonyl (C=O) groups is 1. The van der Waals surface area contributed by atoms with Crippen molar-refractivity contribution in [3.8, 4) is 0 Å². The SMILES string of the molecule is CS(=O)(=O)c1onc(CCOC(N)=O)c1S(C)(=O)=O. The summed E-state index contributed by atoms with van der Waals surface area (Å²) in [5.41, 5.74) is 4.60. The number of amides is 1. The van der Waals surface area contributed by atoms with E-state index >= 15 is 0 Å². The Hall–Kier alpha value is -1.62. The van der Waals surface area contributed by atoms with E-state index < -0.39 is 35.8 Å². The number of hydrogen-bond donors (Lipinski definition) is 1.